The number of nitrogens with zero attached hydrogens (tertiary/aromatic N) is 3. The number of nitro benzene ring substituents is 1. The summed E-state index contributed by atoms with van der Waals surface area (Å²) >= 11 is 1.51. The smallest absolute Gasteiger partial charge is 0.271 e. The van der Waals surface area contributed by atoms with Crippen LogP contribution in [-0.2, 0) is 0 Å². The van der Waals surface area contributed by atoms with Crippen molar-refractivity contribution >= 4 is 39.3 Å². The second-order valence-corrected chi connectivity index (χ2v) is 10.8. The fourth-order valence-electron chi connectivity index (χ4n) is 4.85. The van der Waals surface area contributed by atoms with Crippen LogP contribution in [0.4, 0.5) is 5.69 Å². The van der Waals surface area contributed by atoms with Crippen molar-refractivity contribution in [3.63, 3.8) is 0 Å². The minimum absolute atomic E-state index is 0.00119. The van der Waals surface area contributed by atoms with Gasteiger partial charge in [-0.1, -0.05) is 0 Å². The Kier molecular flexibility index (Phi) is 9.96. The number of methoxy groups -OCH3 is 5. The Hall–Kier alpha value is -5.24. The Morgan fingerprint density at radius 2 is 1.59 bits per heavy atom. The van der Waals surface area contributed by atoms with Crippen LogP contribution in [0.3, 0.4) is 0 Å². The normalized spacial score (nSPS) is 11.0. The Balaban J connectivity index is 1.41. The molecule has 13 nitrogen and oxygen atoms in total. The Bertz CT molecular complexity index is 1940. The molecule has 5 aromatic rings. The van der Waals surface area contributed by atoms with Crippen LogP contribution in [0.2, 0.25) is 0 Å². The molecule has 46 heavy (non-hydrogen) atoms. The van der Waals surface area contributed by atoms with Crippen LogP contribution in [0, 0.1) is 10.1 Å². The molecule has 5 rings (SSSR count). The molecule has 0 radical (unpaired) electrons. The average molecular weight is 650 g/mol. The van der Waals surface area contributed by atoms with E-state index in [0.717, 1.165) is 16.8 Å². The lowest BCUT2D eigenvalue weighted by Gasteiger charge is -2.17. The first-order valence-corrected chi connectivity index (χ1v) is 15.0. The first-order valence-electron chi connectivity index (χ1n) is 14.0. The van der Waals surface area contributed by atoms with E-state index < -0.39 is 10.4 Å². The zero-order chi connectivity index (χ0) is 32.8. The second-order valence-electron chi connectivity index (χ2n) is 9.75. The molecule has 0 saturated heterocycles. The first kappa shape index (κ1) is 32.2. The monoisotopic (exact) mass is 649 g/mol. The third kappa shape index (κ3) is 6.42. The van der Waals surface area contributed by atoms with Crippen molar-refractivity contribution in [3.05, 3.63) is 69.1 Å². The van der Waals surface area contributed by atoms with E-state index >= 15 is 0 Å². The largest absolute Gasteiger partial charge is 0.496 e. The number of ether oxygens (including phenoxy) is 6. The number of benzene rings is 3. The van der Waals surface area contributed by atoms with Gasteiger partial charge in [-0.2, -0.15) is 0 Å². The maximum Gasteiger partial charge on any atom is 0.271 e. The number of aromatic nitrogens is 2. The van der Waals surface area contributed by atoms with Crippen molar-refractivity contribution in [2.75, 3.05) is 47.9 Å². The van der Waals surface area contributed by atoms with E-state index in [4.69, 9.17) is 32.8 Å². The lowest BCUT2D eigenvalue weighted by molar-refractivity contribution is -0.384. The number of rotatable bonds is 14. The van der Waals surface area contributed by atoms with Crippen LogP contribution in [0.25, 0.3) is 33.2 Å². The van der Waals surface area contributed by atoms with Crippen LogP contribution >= 0.6 is 11.8 Å². The minimum atomic E-state index is -0.454. The van der Waals surface area contributed by atoms with Gasteiger partial charge in [0.05, 0.1) is 52.6 Å². The van der Waals surface area contributed by atoms with Crippen molar-refractivity contribution in [2.24, 2.45) is 0 Å². The number of thioether (sulfide) groups is 1. The van der Waals surface area contributed by atoms with Crippen LogP contribution in [0.15, 0.2) is 63.0 Å². The number of hydrogen-bond acceptors (Lipinski definition) is 13. The molecule has 0 unspecified atom stereocenters. The minimum Gasteiger partial charge on any atom is -0.496 e. The number of unbranched alkanes of at least 4 members (excludes halogenated alkanes) is 1. The first-order chi connectivity index (χ1) is 22.3. The van der Waals surface area contributed by atoms with Crippen molar-refractivity contribution in [2.45, 2.75) is 17.9 Å². The fraction of sp³-hybridized carbons (Fsp3) is 0.281. The van der Waals surface area contributed by atoms with Gasteiger partial charge < -0.3 is 32.8 Å². The summed E-state index contributed by atoms with van der Waals surface area (Å²) in [7, 11) is 7.46. The highest BCUT2D eigenvalue weighted by atomic mass is 32.2. The average Bonchev–Trinajstić information content (AvgIpc) is 3.08. The Morgan fingerprint density at radius 3 is 2.24 bits per heavy atom. The van der Waals surface area contributed by atoms with E-state index in [2.05, 4.69) is 9.97 Å². The quantitative estimate of drug-likeness (QED) is 0.0434. The van der Waals surface area contributed by atoms with Gasteiger partial charge in [-0.3, -0.25) is 14.9 Å². The van der Waals surface area contributed by atoms with Gasteiger partial charge >= 0.3 is 0 Å². The molecule has 0 aliphatic carbocycles. The van der Waals surface area contributed by atoms with Crippen molar-refractivity contribution < 1.29 is 37.8 Å². The molecule has 0 bridgehead atoms. The van der Waals surface area contributed by atoms with Gasteiger partial charge in [-0.05, 0) is 36.8 Å². The highest BCUT2D eigenvalue weighted by Gasteiger charge is 2.24. The van der Waals surface area contributed by atoms with Crippen LogP contribution in [0.1, 0.15) is 12.8 Å². The molecule has 0 aliphatic rings. The molecule has 0 N–H and O–H groups in total. The summed E-state index contributed by atoms with van der Waals surface area (Å²) in [6.45, 7) is 0.212. The lowest BCUT2D eigenvalue weighted by atomic mass is 10.1. The van der Waals surface area contributed by atoms with Gasteiger partial charge in [-0.25, -0.2) is 9.97 Å². The molecule has 0 atom stereocenters. The standard InChI is InChI=1S/C32H31N3O10S/c1-39-20-15-23(40-2)27-24(16-20)45-29(18-12-25(41-3)30(43-5)26(13-18)42-4)31(28(27)36)44-10-6-7-11-46-32-21-9-8-19(35(37)38)14-22(21)33-17-34-32/h8-9,12-17H,6-7,10-11H2,1-5H3. The van der Waals surface area contributed by atoms with Gasteiger partial charge in [0.2, 0.25) is 16.9 Å². The van der Waals surface area contributed by atoms with E-state index in [1.165, 1.54) is 65.8 Å². The molecule has 2 heterocycles. The van der Waals surface area contributed by atoms with Crippen molar-refractivity contribution in [1.82, 2.24) is 9.97 Å². The third-order valence-corrected chi connectivity index (χ3v) is 8.18. The van der Waals surface area contributed by atoms with E-state index in [0.29, 0.717) is 46.3 Å². The summed E-state index contributed by atoms with van der Waals surface area (Å²) < 4.78 is 39.9. The summed E-state index contributed by atoms with van der Waals surface area (Å²) in [4.78, 5) is 33.2. The molecule has 0 saturated carbocycles. The molecule has 0 amide bonds. The van der Waals surface area contributed by atoms with E-state index in [1.54, 1.807) is 30.3 Å². The van der Waals surface area contributed by atoms with Crippen molar-refractivity contribution in [1.29, 1.82) is 0 Å². The zero-order valence-electron chi connectivity index (χ0n) is 25.8. The summed E-state index contributed by atoms with van der Waals surface area (Å²) in [6.07, 6.45) is 2.72. The molecule has 2 aromatic heterocycles. The summed E-state index contributed by atoms with van der Waals surface area (Å²) in [5.41, 5.74) is 0.777. The molecular formula is C32H31N3O10S. The SMILES string of the molecule is COc1cc(OC)c2c(=O)c(OCCCCSc3ncnc4cc([N+](=O)[O-])ccc34)c(-c3cc(OC)c(OC)c(OC)c3)oc2c1. The third-order valence-electron chi connectivity index (χ3n) is 7.09. The van der Waals surface area contributed by atoms with Gasteiger partial charge in [0.15, 0.2) is 17.3 Å². The van der Waals surface area contributed by atoms with E-state index in [-0.39, 0.29) is 40.5 Å². The molecule has 0 spiro atoms. The predicted octanol–water partition coefficient (Wildman–Crippen LogP) is 6.31. The molecule has 240 valence electrons. The van der Waals surface area contributed by atoms with Crippen LogP contribution < -0.4 is 33.8 Å². The lowest BCUT2D eigenvalue weighted by Crippen LogP contribution is -2.12. The number of fused-ring (bicyclic) bond motifs is 2. The Morgan fingerprint density at radius 1 is 0.848 bits per heavy atom. The van der Waals surface area contributed by atoms with Gasteiger partial charge in [0.25, 0.3) is 5.69 Å². The predicted molar refractivity (Wildman–Crippen MR) is 172 cm³/mol. The molecule has 0 aliphatic heterocycles. The Labute approximate surface area is 267 Å². The van der Waals surface area contributed by atoms with Gasteiger partial charge in [0.1, 0.15) is 33.8 Å². The molecule has 3 aromatic carbocycles. The number of non-ortho nitro benzene ring substituents is 1. The number of nitro groups is 1. The zero-order valence-corrected chi connectivity index (χ0v) is 26.6. The van der Waals surface area contributed by atoms with E-state index in [1.807, 2.05) is 0 Å². The van der Waals surface area contributed by atoms with Crippen LogP contribution in [0.5, 0.6) is 34.5 Å². The topological polar surface area (TPSA) is 155 Å². The second kappa shape index (κ2) is 14.2. The van der Waals surface area contributed by atoms with Gasteiger partial charge in [-0.15, -0.1) is 11.8 Å². The fourth-order valence-corrected chi connectivity index (χ4v) is 5.84. The summed E-state index contributed by atoms with van der Waals surface area (Å²) in [5.74, 6) is 2.72. The summed E-state index contributed by atoms with van der Waals surface area (Å²) in [5, 5.41) is 12.8. The van der Waals surface area contributed by atoms with Crippen LogP contribution in [-0.4, -0.2) is 62.8 Å². The summed E-state index contributed by atoms with van der Waals surface area (Å²) in [6, 6.07) is 11.1. The number of hydrogen-bond donors (Lipinski definition) is 0. The highest BCUT2D eigenvalue weighted by molar-refractivity contribution is 7.99. The maximum absolute atomic E-state index is 14.0. The molecule has 0 fully saturated rings. The highest BCUT2D eigenvalue weighted by Crippen LogP contribution is 2.44. The molecule has 14 heteroatoms. The molecular weight excluding hydrogens is 618 g/mol. The van der Waals surface area contributed by atoms with E-state index in [9.17, 15) is 14.9 Å². The van der Waals surface area contributed by atoms with Gasteiger partial charge in [0, 0.05) is 35.2 Å². The maximum atomic E-state index is 14.0. The van der Waals surface area contributed by atoms with Crippen molar-refractivity contribution in [3.8, 4) is 45.8 Å².